The number of hydrogen-bond donors (Lipinski definition) is 6. The molecule has 6 aromatic rings. The molecule has 2 unspecified atom stereocenters. The number of aromatic nitrogens is 6. The third kappa shape index (κ3) is 23.6. The van der Waals surface area contributed by atoms with E-state index in [2.05, 4.69) is 48.7 Å². The molecule has 7 N–H and O–H groups in total. The molecule has 2 aromatic carbocycles. The number of carbonyl (C=O) groups excluding carboxylic acids is 5. The van der Waals surface area contributed by atoms with Crippen LogP contribution in [0.2, 0.25) is 0 Å². The van der Waals surface area contributed by atoms with Crippen LogP contribution in [-0.4, -0.2) is 161 Å². The van der Waals surface area contributed by atoms with Crippen molar-refractivity contribution in [1.82, 2.24) is 38.5 Å². The molecule has 1 amide bonds. The van der Waals surface area contributed by atoms with Gasteiger partial charge >= 0.3 is 29.8 Å². The Morgan fingerprint density at radius 2 is 1.11 bits per heavy atom. The van der Waals surface area contributed by atoms with E-state index in [0.29, 0.717) is 79.4 Å². The van der Waals surface area contributed by atoms with Gasteiger partial charge in [0.1, 0.15) is 42.5 Å². The number of benzene rings is 2. The molecule has 30 heteroatoms. The Balaban J connectivity index is 0.000000606. The number of hydrogen-bond acceptors (Lipinski definition) is 22. The molecule has 84 heavy (non-hydrogen) atoms. The molecule has 4 heterocycles. The van der Waals surface area contributed by atoms with Gasteiger partial charge in [0.05, 0.1) is 41.2 Å². The summed E-state index contributed by atoms with van der Waals surface area (Å²) >= 11 is 0. The molecule has 0 aliphatic heterocycles. The lowest BCUT2D eigenvalue weighted by Gasteiger charge is -2.27. The number of carboxylic acids is 1. The Bertz CT molecular complexity index is 3460. The molecule has 468 valence electrons. The normalized spacial score (nSPS) is 12.1. The highest BCUT2D eigenvalue weighted by molar-refractivity contribution is 7.89. The van der Waals surface area contributed by atoms with Crippen molar-refractivity contribution >= 4 is 111 Å². The second kappa shape index (κ2) is 33.1. The monoisotopic (exact) mass is 1220 g/mol. The second-order valence-electron chi connectivity index (χ2n) is 19.4. The number of nitrogens with zero attached hydrogens (tertiary/aromatic N) is 6. The Morgan fingerprint density at radius 3 is 1.51 bits per heavy atom. The third-order valence-corrected chi connectivity index (χ3v) is 12.5. The molecule has 2 atom stereocenters. The Hall–Kier alpha value is -7.48. The molecule has 6 rings (SSSR count). The zero-order valence-corrected chi connectivity index (χ0v) is 49.8. The van der Waals surface area contributed by atoms with Gasteiger partial charge in [0.2, 0.25) is 26.0 Å². The van der Waals surface area contributed by atoms with Gasteiger partial charge in [-0.3, -0.25) is 9.59 Å². The summed E-state index contributed by atoms with van der Waals surface area (Å²) in [5.41, 5.74) is 8.83. The quantitative estimate of drug-likeness (QED) is 0.0372. The highest BCUT2D eigenvalue weighted by Crippen LogP contribution is 2.33. The van der Waals surface area contributed by atoms with Crippen LogP contribution in [0.3, 0.4) is 0 Å². The number of aliphatic carboxylic acids is 1. The molecule has 0 aliphatic carbocycles. The average molecular weight is 1220 g/mol. The SMILES string of the molecule is C.C.CC(OC(=O)C(C)OC(=O)COC(=O)CO)C(=O)O.CCOC(C)=O.CCOCc1nc2c(N)nc3ccccc3c2n1CC(C)(C)NS(C)(=O)=O.CCOCc1nc2c(NC(C)=O)nc3ccccc3c2n1CC(C)(C)NS(C)(=O)=O. The summed E-state index contributed by atoms with van der Waals surface area (Å²) in [5.74, 6) is -2.89. The van der Waals surface area contributed by atoms with Crippen LogP contribution in [-0.2, 0) is 104 Å². The predicted molar refractivity (Wildman–Crippen MR) is 316 cm³/mol. The number of para-hydroxylation sites is 2. The molecule has 0 aliphatic rings. The number of nitrogen functional groups attached to an aromatic ring is 1. The van der Waals surface area contributed by atoms with Crippen molar-refractivity contribution in [3.8, 4) is 0 Å². The summed E-state index contributed by atoms with van der Waals surface area (Å²) in [4.78, 5) is 83.3. The maximum absolute atomic E-state index is 11.9. The number of carbonyl (C=O) groups is 6. The number of amides is 1. The number of carboxylic acid groups (broad SMARTS) is 1. The predicted octanol–water partition coefficient (Wildman–Crippen LogP) is 4.75. The molecular weight excluding hydrogens is 1140 g/mol. The fourth-order valence-electron chi connectivity index (χ4n) is 7.84. The molecule has 0 radical (unpaired) electrons. The van der Waals surface area contributed by atoms with E-state index in [1.807, 2.05) is 99.2 Å². The van der Waals surface area contributed by atoms with E-state index in [1.165, 1.54) is 20.8 Å². The van der Waals surface area contributed by atoms with Crippen LogP contribution >= 0.6 is 0 Å². The van der Waals surface area contributed by atoms with Crippen LogP contribution in [0, 0.1) is 0 Å². The standard InChI is InChI=1S/C20H27N5O4S.C18H25N5O3S.C10H14O9.C4H8O2.2CH4/c1-6-29-11-16-23-17-18(25(16)12-20(3,4)24-30(5,27)28)14-9-7-8-10-15(14)22-19(17)21-13(2)26;1-5-26-10-14-21-15-16(12-8-6-7-9-13(12)20-17(15)19)23(14)11-18(2,3)22-27(4,24)25;1-5(9(14)15)19-10(16)6(2)18-8(13)4-17-7(12)3-11;1-3-6-4(2)5;;/h7-10,24H,6,11-12H2,1-5H3,(H,21,22,26);6-9,22H,5,10-11H2,1-4H3,(H2,19,20);5-6,11H,3-4H2,1-2H3,(H,14,15);3H2,1-2H3;2*1H4. The molecule has 4 aromatic heterocycles. The summed E-state index contributed by atoms with van der Waals surface area (Å²) < 4.78 is 85.4. The van der Waals surface area contributed by atoms with Crippen molar-refractivity contribution < 1.29 is 84.2 Å². The van der Waals surface area contributed by atoms with E-state index < -0.39 is 80.4 Å². The van der Waals surface area contributed by atoms with Gasteiger partial charge in [-0.15, -0.1) is 0 Å². The minimum atomic E-state index is -3.42. The van der Waals surface area contributed by atoms with Gasteiger partial charge in [0, 0.05) is 62.0 Å². The first kappa shape index (κ1) is 74.5. The minimum Gasteiger partial charge on any atom is -0.479 e. The Morgan fingerprint density at radius 1 is 0.655 bits per heavy atom. The summed E-state index contributed by atoms with van der Waals surface area (Å²) in [7, 11) is -6.79. The van der Waals surface area contributed by atoms with Crippen LogP contribution < -0.4 is 20.5 Å². The van der Waals surface area contributed by atoms with Gasteiger partial charge in [-0.2, -0.15) is 0 Å². The first-order valence-electron chi connectivity index (χ1n) is 25.4. The van der Waals surface area contributed by atoms with Gasteiger partial charge in [-0.1, -0.05) is 51.3 Å². The summed E-state index contributed by atoms with van der Waals surface area (Å²) in [6.07, 6.45) is -0.432. The number of ether oxygens (including phenoxy) is 6. The number of fused-ring (bicyclic) bond motifs is 6. The smallest absolute Gasteiger partial charge is 0.347 e. The van der Waals surface area contributed by atoms with E-state index >= 15 is 0 Å². The molecule has 0 spiro atoms. The van der Waals surface area contributed by atoms with Crippen LogP contribution in [0.1, 0.15) is 103 Å². The minimum absolute atomic E-state index is 0. The lowest BCUT2D eigenvalue weighted by atomic mass is 10.1. The zero-order valence-electron chi connectivity index (χ0n) is 48.1. The number of pyridine rings is 2. The van der Waals surface area contributed by atoms with Crippen LogP contribution in [0.4, 0.5) is 11.6 Å². The van der Waals surface area contributed by atoms with E-state index in [0.717, 1.165) is 46.8 Å². The Kier molecular flexibility index (Phi) is 29.4. The maximum atomic E-state index is 11.9. The van der Waals surface area contributed by atoms with Crippen LogP contribution in [0.15, 0.2) is 48.5 Å². The fraction of sp³-hybridized carbons (Fsp3) is 0.519. The van der Waals surface area contributed by atoms with E-state index in [-0.39, 0.29) is 33.3 Å². The van der Waals surface area contributed by atoms with Crippen molar-refractivity contribution in [2.75, 3.05) is 56.6 Å². The molecular formula is C54H82N10O18S2. The topological polar surface area (TPSA) is 390 Å². The van der Waals surface area contributed by atoms with Crippen molar-refractivity contribution in [2.24, 2.45) is 0 Å². The van der Waals surface area contributed by atoms with Crippen molar-refractivity contribution in [3.05, 3.63) is 60.2 Å². The third-order valence-electron chi connectivity index (χ3n) is 10.7. The van der Waals surface area contributed by atoms with E-state index in [9.17, 15) is 45.6 Å². The highest BCUT2D eigenvalue weighted by atomic mass is 32.2. The number of imidazole rings is 2. The lowest BCUT2D eigenvalue weighted by molar-refractivity contribution is -0.177. The van der Waals surface area contributed by atoms with Crippen LogP contribution in [0.25, 0.3) is 43.9 Å². The van der Waals surface area contributed by atoms with E-state index in [1.54, 1.807) is 6.92 Å². The second-order valence-corrected chi connectivity index (χ2v) is 22.9. The van der Waals surface area contributed by atoms with Gasteiger partial charge in [0.15, 0.2) is 30.5 Å². The van der Waals surface area contributed by atoms with E-state index in [4.69, 9.17) is 30.4 Å². The lowest BCUT2D eigenvalue weighted by Crippen LogP contribution is -2.46. The largest absolute Gasteiger partial charge is 0.479 e. The molecule has 0 saturated carbocycles. The van der Waals surface area contributed by atoms with Crippen molar-refractivity contribution in [1.29, 1.82) is 0 Å². The zero-order chi connectivity index (χ0) is 61.9. The molecule has 0 bridgehead atoms. The summed E-state index contributed by atoms with van der Waals surface area (Å²) in [6.45, 7) is 19.1. The van der Waals surface area contributed by atoms with Gasteiger partial charge in [-0.05, 0) is 74.4 Å². The highest BCUT2D eigenvalue weighted by Gasteiger charge is 2.30. The fourth-order valence-corrected chi connectivity index (χ4v) is 9.97. The number of nitrogens with one attached hydrogen (secondary N) is 3. The number of anilines is 2. The van der Waals surface area contributed by atoms with Crippen molar-refractivity contribution in [2.45, 2.75) is 141 Å². The summed E-state index contributed by atoms with van der Waals surface area (Å²) in [5, 5.41) is 21.3. The first-order valence-corrected chi connectivity index (χ1v) is 29.2. The van der Waals surface area contributed by atoms with Crippen LogP contribution in [0.5, 0.6) is 0 Å². The molecule has 28 nitrogen and oxygen atoms in total. The number of aliphatic hydroxyl groups is 1. The summed E-state index contributed by atoms with van der Waals surface area (Å²) in [6, 6.07) is 15.3. The number of rotatable bonds is 23. The number of sulfonamides is 2. The van der Waals surface area contributed by atoms with Gasteiger partial charge in [0.25, 0.3) is 0 Å². The Labute approximate surface area is 489 Å². The van der Waals surface area contributed by atoms with Gasteiger partial charge in [-0.25, -0.2) is 65.4 Å². The van der Waals surface area contributed by atoms with Gasteiger partial charge < -0.3 is 58.8 Å². The first-order chi connectivity index (χ1) is 38.2. The average Bonchev–Trinajstić information content (AvgIpc) is 3.31. The maximum Gasteiger partial charge on any atom is 0.347 e. The molecule has 0 fully saturated rings. The number of aliphatic hydroxyl groups excluding tert-OH is 1. The number of esters is 4. The van der Waals surface area contributed by atoms with Crippen molar-refractivity contribution in [3.63, 3.8) is 0 Å². The number of nitrogens with two attached hydrogens (primary N) is 1. The molecule has 0 saturated heterocycles.